The summed E-state index contributed by atoms with van der Waals surface area (Å²) < 4.78 is 25.8. The number of fused-ring (bicyclic) bond motifs is 1. The second kappa shape index (κ2) is 8.96. The van der Waals surface area contributed by atoms with Crippen LogP contribution in [0.2, 0.25) is 0 Å². The van der Waals surface area contributed by atoms with Crippen molar-refractivity contribution in [1.82, 2.24) is 0 Å². The van der Waals surface area contributed by atoms with Gasteiger partial charge in [-0.25, -0.2) is 4.79 Å². The first-order valence-electron chi connectivity index (χ1n) is 9.25. The number of rotatable bonds is 5. The van der Waals surface area contributed by atoms with Crippen LogP contribution >= 0.6 is 0 Å². The predicted octanol–water partition coefficient (Wildman–Crippen LogP) is -2.79. The molecular formula is C18H24O12. The van der Waals surface area contributed by atoms with Crippen LogP contribution in [0.4, 0.5) is 0 Å². The van der Waals surface area contributed by atoms with E-state index in [1.165, 1.54) is 0 Å². The Kier molecular flexibility index (Phi) is 6.75. The molecule has 3 aliphatic rings. The van der Waals surface area contributed by atoms with Crippen molar-refractivity contribution >= 4 is 17.7 Å². The normalized spacial score (nSPS) is 40.8. The van der Waals surface area contributed by atoms with E-state index in [4.69, 9.17) is 18.9 Å². The zero-order valence-electron chi connectivity index (χ0n) is 16.2. The van der Waals surface area contributed by atoms with Crippen molar-refractivity contribution in [2.75, 3.05) is 20.8 Å². The molecule has 0 amide bonds. The van der Waals surface area contributed by atoms with E-state index in [2.05, 4.69) is 4.74 Å². The van der Waals surface area contributed by atoms with Gasteiger partial charge in [0.15, 0.2) is 6.29 Å². The van der Waals surface area contributed by atoms with E-state index in [0.29, 0.717) is 0 Å². The molecule has 2 fully saturated rings. The summed E-state index contributed by atoms with van der Waals surface area (Å²) in [5.74, 6) is -5.03. The zero-order chi connectivity index (χ0) is 22.2. The molecule has 1 saturated carbocycles. The maximum absolute atomic E-state index is 12.6. The lowest BCUT2D eigenvalue weighted by molar-refractivity contribution is -0.342. The van der Waals surface area contributed by atoms with Crippen molar-refractivity contribution in [1.29, 1.82) is 0 Å². The van der Waals surface area contributed by atoms with Crippen molar-refractivity contribution < 1.29 is 58.5 Å². The summed E-state index contributed by atoms with van der Waals surface area (Å²) in [5, 5.41) is 39.3. The molecule has 0 aromatic carbocycles. The van der Waals surface area contributed by atoms with Gasteiger partial charge in [0.25, 0.3) is 0 Å². The molecular weight excluding hydrogens is 408 g/mol. The van der Waals surface area contributed by atoms with Crippen LogP contribution in [0.15, 0.2) is 11.8 Å². The molecule has 0 radical (unpaired) electrons. The predicted molar refractivity (Wildman–Crippen MR) is 91.9 cm³/mol. The zero-order valence-corrected chi connectivity index (χ0v) is 16.2. The maximum Gasteiger partial charge on any atom is 0.337 e. The van der Waals surface area contributed by atoms with Crippen molar-refractivity contribution in [3.63, 3.8) is 0 Å². The second-order valence-electron chi connectivity index (χ2n) is 7.26. The monoisotopic (exact) mass is 432 g/mol. The van der Waals surface area contributed by atoms with Crippen LogP contribution in [0.25, 0.3) is 0 Å². The highest BCUT2D eigenvalue weighted by molar-refractivity contribution is 6.01. The SMILES string of the molecule is COC(=O)C1=CO[C@H](O[C@@H]2O[C@H](CO)[C@@H](O)[C@H](O)[C@H]2O)C2C1C(=O)C[C@H]2C(=O)OC. The largest absolute Gasteiger partial charge is 0.471 e. The Morgan fingerprint density at radius 1 is 1.10 bits per heavy atom. The summed E-state index contributed by atoms with van der Waals surface area (Å²) in [6, 6.07) is 0. The summed E-state index contributed by atoms with van der Waals surface area (Å²) in [5.41, 5.74) is -0.0902. The summed E-state index contributed by atoms with van der Waals surface area (Å²) >= 11 is 0. The third-order valence-corrected chi connectivity index (χ3v) is 5.64. The fraction of sp³-hybridized carbons (Fsp3) is 0.722. The lowest BCUT2D eigenvalue weighted by atomic mass is 9.82. The molecule has 30 heavy (non-hydrogen) atoms. The number of aliphatic hydroxyl groups excluding tert-OH is 4. The third kappa shape index (κ3) is 3.82. The first kappa shape index (κ1) is 22.6. The Morgan fingerprint density at radius 2 is 1.80 bits per heavy atom. The lowest BCUT2D eigenvalue weighted by Crippen LogP contribution is -2.60. The van der Waals surface area contributed by atoms with Crippen LogP contribution in [-0.4, -0.2) is 96.0 Å². The molecule has 1 aliphatic carbocycles. The number of carbonyl (C=O) groups is 3. The first-order chi connectivity index (χ1) is 14.2. The molecule has 9 atom stereocenters. The number of ether oxygens (including phenoxy) is 5. The van der Waals surface area contributed by atoms with E-state index >= 15 is 0 Å². The molecule has 0 aromatic rings. The molecule has 0 bridgehead atoms. The third-order valence-electron chi connectivity index (χ3n) is 5.64. The molecule has 0 spiro atoms. The van der Waals surface area contributed by atoms with Crippen LogP contribution in [0.3, 0.4) is 0 Å². The molecule has 12 heteroatoms. The van der Waals surface area contributed by atoms with Crippen LogP contribution in [0, 0.1) is 17.8 Å². The van der Waals surface area contributed by atoms with E-state index < -0.39 is 79.1 Å². The second-order valence-corrected chi connectivity index (χ2v) is 7.26. The highest BCUT2D eigenvalue weighted by Gasteiger charge is 2.57. The smallest absolute Gasteiger partial charge is 0.337 e. The summed E-state index contributed by atoms with van der Waals surface area (Å²) in [7, 11) is 2.28. The fourth-order valence-electron chi connectivity index (χ4n) is 4.08. The quantitative estimate of drug-likeness (QED) is 0.329. The van der Waals surface area contributed by atoms with E-state index in [1.807, 2.05) is 0 Å². The molecule has 2 unspecified atom stereocenters. The van der Waals surface area contributed by atoms with Crippen LogP contribution in [0.1, 0.15) is 6.42 Å². The highest BCUT2D eigenvalue weighted by atomic mass is 16.8. The molecule has 0 aromatic heterocycles. The number of Topliss-reactive ketones (excluding diaryl/α,β-unsaturated/α-hetero) is 1. The van der Waals surface area contributed by atoms with Crippen LogP contribution in [-0.2, 0) is 38.1 Å². The first-order valence-corrected chi connectivity index (χ1v) is 9.25. The van der Waals surface area contributed by atoms with Gasteiger partial charge in [0.1, 0.15) is 30.2 Å². The Hall–Kier alpha value is -2.09. The summed E-state index contributed by atoms with van der Waals surface area (Å²) in [6.07, 6.45) is -8.38. The minimum Gasteiger partial charge on any atom is -0.471 e. The Morgan fingerprint density at radius 3 is 2.40 bits per heavy atom. The fourth-order valence-corrected chi connectivity index (χ4v) is 4.08. The number of methoxy groups -OCH3 is 2. The Bertz CT molecular complexity index is 718. The van der Waals surface area contributed by atoms with E-state index in [9.17, 15) is 34.8 Å². The molecule has 12 nitrogen and oxygen atoms in total. The van der Waals surface area contributed by atoms with Gasteiger partial charge in [0, 0.05) is 12.3 Å². The lowest BCUT2D eigenvalue weighted by Gasteiger charge is -2.42. The molecule has 1 saturated heterocycles. The number of esters is 2. The standard InChI is InChI=1S/C18H24O12/c1-26-15(24)6-3-8(20)10-7(16(25)27-2)5-28-17(11(6)10)30-18-14(23)13(22)12(21)9(4-19)29-18/h5-6,9-14,17-19,21-23H,3-4H2,1-2H3/t6-,9-,10?,11?,12-,13+,14-,17-,18+/m1/s1. The van der Waals surface area contributed by atoms with Crippen molar-refractivity contribution in [3.05, 3.63) is 11.8 Å². The number of hydrogen-bond donors (Lipinski definition) is 4. The van der Waals surface area contributed by atoms with Crippen LogP contribution < -0.4 is 0 Å². The van der Waals surface area contributed by atoms with E-state index in [0.717, 1.165) is 20.5 Å². The molecule has 168 valence electrons. The van der Waals surface area contributed by atoms with Crippen molar-refractivity contribution in [2.45, 2.75) is 43.4 Å². The van der Waals surface area contributed by atoms with Gasteiger partial charge >= 0.3 is 11.9 Å². The van der Waals surface area contributed by atoms with Gasteiger partial charge in [0.05, 0.1) is 44.5 Å². The number of hydrogen-bond acceptors (Lipinski definition) is 12. The Balaban J connectivity index is 1.90. The van der Waals surface area contributed by atoms with E-state index in [-0.39, 0.29) is 12.0 Å². The van der Waals surface area contributed by atoms with Gasteiger partial charge in [-0.15, -0.1) is 0 Å². The number of carbonyl (C=O) groups excluding carboxylic acids is 3. The van der Waals surface area contributed by atoms with Gasteiger partial charge < -0.3 is 44.1 Å². The highest BCUT2D eigenvalue weighted by Crippen LogP contribution is 2.46. The number of aliphatic hydroxyl groups is 4. The number of ketones is 1. The van der Waals surface area contributed by atoms with Gasteiger partial charge in [-0.05, 0) is 0 Å². The summed E-state index contributed by atoms with van der Waals surface area (Å²) in [6.45, 7) is -0.669. The topological polar surface area (TPSA) is 178 Å². The molecule has 4 N–H and O–H groups in total. The molecule has 3 rings (SSSR count). The van der Waals surface area contributed by atoms with Gasteiger partial charge in [0.2, 0.25) is 6.29 Å². The minimum absolute atomic E-state index is 0.0902. The van der Waals surface area contributed by atoms with Crippen LogP contribution in [0.5, 0.6) is 0 Å². The van der Waals surface area contributed by atoms with Gasteiger partial charge in [-0.1, -0.05) is 0 Å². The molecule has 2 aliphatic heterocycles. The Labute approximate surface area is 170 Å². The van der Waals surface area contributed by atoms with Crippen molar-refractivity contribution in [3.8, 4) is 0 Å². The van der Waals surface area contributed by atoms with Crippen molar-refractivity contribution in [2.24, 2.45) is 17.8 Å². The van der Waals surface area contributed by atoms with Gasteiger partial charge in [-0.2, -0.15) is 0 Å². The summed E-state index contributed by atoms with van der Waals surface area (Å²) in [4.78, 5) is 36.9. The minimum atomic E-state index is -1.72. The average Bonchev–Trinajstić information content (AvgIpc) is 3.10. The molecule has 2 heterocycles. The average molecular weight is 432 g/mol. The maximum atomic E-state index is 12.6. The van der Waals surface area contributed by atoms with Gasteiger partial charge in [-0.3, -0.25) is 9.59 Å². The van der Waals surface area contributed by atoms with E-state index in [1.54, 1.807) is 0 Å².